The van der Waals surface area contributed by atoms with E-state index in [-0.39, 0.29) is 5.91 Å². The zero-order valence-electron chi connectivity index (χ0n) is 16.5. The minimum Gasteiger partial charge on any atom is -0.321 e. The first-order chi connectivity index (χ1) is 13.2. The van der Waals surface area contributed by atoms with Crippen molar-refractivity contribution in [1.82, 2.24) is 19.6 Å². The average Bonchev–Trinajstić information content (AvgIpc) is 3.07. The molecule has 148 valence electrons. The third-order valence-corrected chi connectivity index (χ3v) is 6.41. The highest BCUT2D eigenvalue weighted by Gasteiger charge is 2.23. The van der Waals surface area contributed by atoms with Crippen LogP contribution in [0.2, 0.25) is 5.02 Å². The van der Waals surface area contributed by atoms with Crippen molar-refractivity contribution >= 4 is 39.1 Å². The van der Waals surface area contributed by atoms with Crippen LogP contribution in [0.3, 0.4) is 0 Å². The van der Waals surface area contributed by atoms with Gasteiger partial charge in [0.05, 0.1) is 39.5 Å². The Morgan fingerprint density at radius 1 is 1.14 bits per heavy atom. The van der Waals surface area contributed by atoms with Gasteiger partial charge in [-0.05, 0) is 62.2 Å². The minimum absolute atomic E-state index is 0.137. The molecule has 28 heavy (non-hydrogen) atoms. The van der Waals surface area contributed by atoms with Gasteiger partial charge in [0.2, 0.25) is 5.91 Å². The first kappa shape index (κ1) is 20.6. The van der Waals surface area contributed by atoms with Gasteiger partial charge >= 0.3 is 0 Å². The van der Waals surface area contributed by atoms with Crippen molar-refractivity contribution in [2.75, 3.05) is 5.32 Å². The second-order valence-electron chi connectivity index (χ2n) is 6.89. The fourth-order valence-electron chi connectivity index (χ4n) is 3.18. The summed E-state index contributed by atoms with van der Waals surface area (Å²) in [6.45, 7) is 10.0. The van der Waals surface area contributed by atoms with Gasteiger partial charge in [-0.25, -0.2) is 0 Å². The summed E-state index contributed by atoms with van der Waals surface area (Å²) in [6, 6.07) is 7.23. The number of aryl methyl sites for hydroxylation is 2. The number of hydrogen-bond donors (Lipinski definition) is 1. The van der Waals surface area contributed by atoms with E-state index in [2.05, 4.69) is 31.4 Å². The first-order valence-electron chi connectivity index (χ1n) is 9.00. The van der Waals surface area contributed by atoms with Gasteiger partial charge in [0.25, 0.3) is 0 Å². The molecule has 0 aliphatic carbocycles. The zero-order valence-corrected chi connectivity index (χ0v) is 18.9. The molecule has 0 fully saturated rings. The highest BCUT2D eigenvalue weighted by Crippen LogP contribution is 2.26. The van der Waals surface area contributed by atoms with Crippen LogP contribution in [0.25, 0.3) is 0 Å². The Bertz CT molecular complexity index is 1040. The quantitative estimate of drug-likeness (QED) is 0.579. The second-order valence-corrected chi connectivity index (χ2v) is 8.09. The summed E-state index contributed by atoms with van der Waals surface area (Å²) in [5.41, 5.74) is 5.13. The van der Waals surface area contributed by atoms with E-state index in [0.29, 0.717) is 11.6 Å². The number of aromatic nitrogens is 4. The molecule has 0 bridgehead atoms. The predicted octanol–water partition coefficient (Wildman–Crippen LogP) is 4.98. The topological polar surface area (TPSA) is 64.7 Å². The van der Waals surface area contributed by atoms with Crippen molar-refractivity contribution < 1.29 is 4.79 Å². The number of carbonyl (C=O) groups is 1. The highest BCUT2D eigenvalue weighted by molar-refractivity contribution is 9.10. The molecule has 2 aromatic heterocycles. The number of benzene rings is 1. The molecule has 0 aliphatic rings. The molecule has 0 aliphatic heterocycles. The lowest BCUT2D eigenvalue weighted by Gasteiger charge is -2.15. The molecule has 0 saturated heterocycles. The third-order valence-electron chi connectivity index (χ3n) is 4.89. The van der Waals surface area contributed by atoms with Crippen molar-refractivity contribution in [2.24, 2.45) is 0 Å². The molecule has 1 atom stereocenters. The van der Waals surface area contributed by atoms with E-state index < -0.39 is 6.04 Å². The van der Waals surface area contributed by atoms with Gasteiger partial charge in [-0.1, -0.05) is 29.8 Å². The van der Waals surface area contributed by atoms with Gasteiger partial charge in [-0.3, -0.25) is 14.2 Å². The number of halogens is 2. The predicted molar refractivity (Wildman–Crippen MR) is 115 cm³/mol. The van der Waals surface area contributed by atoms with Crippen molar-refractivity contribution in [2.45, 2.75) is 47.2 Å². The Kier molecular flexibility index (Phi) is 5.95. The summed E-state index contributed by atoms with van der Waals surface area (Å²) < 4.78 is 4.51. The Balaban J connectivity index is 1.82. The number of nitrogens with one attached hydrogen (secondary N) is 1. The Labute approximate surface area is 178 Å². The number of nitrogens with zero attached hydrogens (tertiary/aromatic N) is 4. The molecule has 3 rings (SSSR count). The summed E-state index contributed by atoms with van der Waals surface area (Å²) >= 11 is 9.78. The van der Waals surface area contributed by atoms with E-state index in [1.165, 1.54) is 0 Å². The molecule has 0 saturated carbocycles. The molecule has 1 aromatic carbocycles. The molecular weight excluding hydrogens is 442 g/mol. The van der Waals surface area contributed by atoms with Crippen LogP contribution in [-0.4, -0.2) is 25.5 Å². The normalized spacial score (nSPS) is 12.2. The first-order valence-corrected chi connectivity index (χ1v) is 10.2. The maximum absolute atomic E-state index is 12.9. The van der Waals surface area contributed by atoms with Gasteiger partial charge in [-0.15, -0.1) is 0 Å². The summed E-state index contributed by atoms with van der Waals surface area (Å²) in [5.74, 6) is -0.137. The van der Waals surface area contributed by atoms with Crippen LogP contribution in [0, 0.1) is 27.7 Å². The molecular formula is C20H23BrClN5O. The SMILES string of the molecule is Cc1nn(C(C)C(=O)Nc2c(C)nn(Cc3ccccc3Cl)c2C)c(C)c1Br. The fraction of sp³-hybridized carbons (Fsp3) is 0.350. The maximum Gasteiger partial charge on any atom is 0.249 e. The monoisotopic (exact) mass is 463 g/mol. The lowest BCUT2D eigenvalue weighted by molar-refractivity contribution is -0.119. The number of anilines is 1. The highest BCUT2D eigenvalue weighted by atomic mass is 79.9. The summed E-state index contributed by atoms with van der Waals surface area (Å²) in [4.78, 5) is 12.9. The van der Waals surface area contributed by atoms with Gasteiger partial charge < -0.3 is 5.32 Å². The maximum atomic E-state index is 12.9. The number of rotatable bonds is 5. The molecule has 3 aromatic rings. The van der Waals surface area contributed by atoms with Crippen LogP contribution >= 0.6 is 27.5 Å². The van der Waals surface area contributed by atoms with Gasteiger partial charge in [0.15, 0.2) is 0 Å². The Morgan fingerprint density at radius 3 is 2.43 bits per heavy atom. The average molecular weight is 465 g/mol. The van der Waals surface area contributed by atoms with Gasteiger partial charge in [-0.2, -0.15) is 10.2 Å². The van der Waals surface area contributed by atoms with Crippen LogP contribution in [0.15, 0.2) is 28.7 Å². The van der Waals surface area contributed by atoms with Crippen molar-refractivity contribution in [3.63, 3.8) is 0 Å². The zero-order chi connectivity index (χ0) is 20.6. The van der Waals surface area contributed by atoms with Crippen LogP contribution in [-0.2, 0) is 11.3 Å². The smallest absolute Gasteiger partial charge is 0.249 e. The van der Waals surface area contributed by atoms with E-state index in [0.717, 1.165) is 38.5 Å². The molecule has 0 spiro atoms. The fourth-order valence-corrected chi connectivity index (χ4v) is 3.63. The second kappa shape index (κ2) is 8.09. The van der Waals surface area contributed by atoms with E-state index in [1.807, 2.05) is 63.6 Å². The van der Waals surface area contributed by atoms with Crippen molar-refractivity contribution in [3.05, 3.63) is 62.1 Å². The molecule has 8 heteroatoms. The molecule has 2 heterocycles. The summed E-state index contributed by atoms with van der Waals surface area (Å²) in [6.07, 6.45) is 0. The standard InChI is InChI=1S/C20H23BrClN5O/c1-11-18(21)13(3)27(25-11)15(5)20(28)23-19-12(2)24-26(14(19)4)10-16-8-6-7-9-17(16)22/h6-9,15H,10H2,1-5H3,(H,23,28). The van der Waals surface area contributed by atoms with Crippen molar-refractivity contribution in [1.29, 1.82) is 0 Å². The van der Waals surface area contributed by atoms with Crippen molar-refractivity contribution in [3.8, 4) is 0 Å². The van der Waals surface area contributed by atoms with Crippen LogP contribution in [0.5, 0.6) is 0 Å². The molecule has 1 amide bonds. The van der Waals surface area contributed by atoms with Crippen LogP contribution < -0.4 is 5.32 Å². The Hall–Kier alpha value is -2.12. The van der Waals surface area contributed by atoms with E-state index >= 15 is 0 Å². The van der Waals surface area contributed by atoms with E-state index in [9.17, 15) is 4.79 Å². The van der Waals surface area contributed by atoms with Crippen LogP contribution in [0.4, 0.5) is 5.69 Å². The van der Waals surface area contributed by atoms with Crippen LogP contribution in [0.1, 0.15) is 41.3 Å². The lowest BCUT2D eigenvalue weighted by atomic mass is 10.2. The molecule has 0 radical (unpaired) electrons. The number of hydrogen-bond acceptors (Lipinski definition) is 3. The van der Waals surface area contributed by atoms with Gasteiger partial charge in [0, 0.05) is 5.02 Å². The van der Waals surface area contributed by atoms with Gasteiger partial charge in [0.1, 0.15) is 6.04 Å². The Morgan fingerprint density at radius 2 is 1.82 bits per heavy atom. The molecule has 1 unspecified atom stereocenters. The number of carbonyl (C=O) groups excluding carboxylic acids is 1. The van der Waals surface area contributed by atoms with E-state index in [4.69, 9.17) is 11.6 Å². The molecule has 1 N–H and O–H groups in total. The largest absolute Gasteiger partial charge is 0.321 e. The number of amides is 1. The minimum atomic E-state index is -0.448. The van der Waals surface area contributed by atoms with E-state index in [1.54, 1.807) is 4.68 Å². The summed E-state index contributed by atoms with van der Waals surface area (Å²) in [7, 11) is 0. The summed E-state index contributed by atoms with van der Waals surface area (Å²) in [5, 5.41) is 12.8. The third kappa shape index (κ3) is 3.86. The lowest BCUT2D eigenvalue weighted by Crippen LogP contribution is -2.25. The molecule has 6 nitrogen and oxygen atoms in total.